The Balaban J connectivity index is 1.49. The predicted molar refractivity (Wildman–Crippen MR) is 120 cm³/mol. The van der Waals surface area contributed by atoms with Crippen molar-refractivity contribution in [2.24, 2.45) is 0 Å². The molecule has 1 heterocycles. The van der Waals surface area contributed by atoms with Crippen molar-refractivity contribution in [3.05, 3.63) is 71.8 Å². The van der Waals surface area contributed by atoms with Crippen molar-refractivity contribution in [1.82, 2.24) is 0 Å². The van der Waals surface area contributed by atoms with E-state index in [1.54, 1.807) is 0 Å². The smallest absolute Gasteiger partial charge is 0.107 e. The predicted octanol–water partition coefficient (Wildman–Crippen LogP) is 5.13. The Morgan fingerprint density at radius 1 is 0.893 bits per heavy atom. The van der Waals surface area contributed by atoms with Crippen molar-refractivity contribution in [2.45, 2.75) is 49.3 Å². The van der Waals surface area contributed by atoms with Gasteiger partial charge >= 0.3 is 0 Å². The van der Waals surface area contributed by atoms with Gasteiger partial charge in [-0.05, 0) is 41.9 Å². The molecule has 3 nitrogen and oxygen atoms in total. The first-order valence-electron chi connectivity index (χ1n) is 10.00. The van der Waals surface area contributed by atoms with Crippen LogP contribution in [0.25, 0.3) is 0 Å². The Labute approximate surface area is 177 Å². The van der Waals surface area contributed by atoms with E-state index in [4.69, 9.17) is 9.47 Å². The minimum atomic E-state index is -0.511. The average molecular weight is 419 g/mol. The molecule has 0 aliphatic carbocycles. The quantitative estimate of drug-likeness (QED) is 0.548. The van der Waals surface area contributed by atoms with Crippen molar-refractivity contribution in [2.75, 3.05) is 18.1 Å². The molecule has 0 amide bonds. The van der Waals surface area contributed by atoms with E-state index in [9.17, 15) is 5.11 Å². The molecule has 1 aliphatic heterocycles. The number of thioether (sulfide) groups is 2. The summed E-state index contributed by atoms with van der Waals surface area (Å²) < 4.78 is 12.6. The fourth-order valence-corrected chi connectivity index (χ4v) is 6.01. The van der Waals surface area contributed by atoms with Crippen molar-refractivity contribution < 1.29 is 14.6 Å². The normalized spacial score (nSPS) is 17.3. The van der Waals surface area contributed by atoms with Crippen LogP contribution in [0.4, 0.5) is 0 Å². The Morgan fingerprint density at radius 3 is 2.14 bits per heavy atom. The summed E-state index contributed by atoms with van der Waals surface area (Å²) in [6.07, 6.45) is 2.23. The van der Waals surface area contributed by atoms with Gasteiger partial charge in [-0.15, -0.1) is 23.5 Å². The third-order valence-corrected chi connectivity index (χ3v) is 7.80. The molecular weight excluding hydrogens is 388 g/mol. The summed E-state index contributed by atoms with van der Waals surface area (Å²) in [4.78, 5) is 0. The molecule has 0 saturated carbocycles. The standard InChI is InChI=1S/C23H30O3S2/c24-21(12-13-23-27-14-7-15-28-23)22(26-17-20-10-5-2-6-11-20)18-25-16-19-8-3-1-4-9-19/h1-6,8-11,21-24H,7,12-18H2/t21-,22-/m1/s1. The number of aliphatic hydroxyl groups is 1. The van der Waals surface area contributed by atoms with Crippen LogP contribution in [0.1, 0.15) is 30.4 Å². The van der Waals surface area contributed by atoms with Gasteiger partial charge in [0.05, 0.1) is 30.5 Å². The first-order chi connectivity index (χ1) is 13.8. The van der Waals surface area contributed by atoms with Gasteiger partial charge in [-0.1, -0.05) is 60.7 Å². The lowest BCUT2D eigenvalue weighted by molar-refractivity contribution is -0.0912. The zero-order valence-corrected chi connectivity index (χ0v) is 17.9. The molecule has 28 heavy (non-hydrogen) atoms. The maximum Gasteiger partial charge on any atom is 0.107 e. The highest BCUT2D eigenvalue weighted by atomic mass is 32.2. The fourth-order valence-electron chi connectivity index (χ4n) is 3.11. The number of aliphatic hydroxyl groups excluding tert-OH is 1. The number of rotatable bonds is 11. The summed E-state index contributed by atoms with van der Waals surface area (Å²) in [7, 11) is 0. The van der Waals surface area contributed by atoms with Crippen LogP contribution in [-0.4, -0.2) is 40.0 Å². The summed E-state index contributed by atoms with van der Waals surface area (Å²) in [6.45, 7) is 1.42. The second-order valence-electron chi connectivity index (χ2n) is 7.01. The van der Waals surface area contributed by atoms with E-state index in [0.717, 1.165) is 24.0 Å². The number of hydrogen-bond donors (Lipinski definition) is 1. The monoisotopic (exact) mass is 418 g/mol. The van der Waals surface area contributed by atoms with Crippen LogP contribution in [-0.2, 0) is 22.7 Å². The first-order valence-corrected chi connectivity index (χ1v) is 12.1. The lowest BCUT2D eigenvalue weighted by Gasteiger charge is -2.26. The second kappa shape index (κ2) is 12.6. The number of benzene rings is 2. The molecular formula is C23H30O3S2. The summed E-state index contributed by atoms with van der Waals surface area (Å²) in [5.41, 5.74) is 2.25. The summed E-state index contributed by atoms with van der Waals surface area (Å²) in [5.74, 6) is 2.48. The average Bonchev–Trinajstić information content (AvgIpc) is 2.76. The van der Waals surface area contributed by atoms with Crippen LogP contribution < -0.4 is 0 Å². The highest BCUT2D eigenvalue weighted by molar-refractivity contribution is 8.17. The van der Waals surface area contributed by atoms with Crippen LogP contribution in [0.15, 0.2) is 60.7 Å². The maximum absolute atomic E-state index is 10.8. The van der Waals surface area contributed by atoms with Gasteiger partial charge in [0.1, 0.15) is 6.10 Å². The molecule has 0 spiro atoms. The van der Waals surface area contributed by atoms with Gasteiger partial charge in [-0.25, -0.2) is 0 Å². The molecule has 1 aliphatic rings. The highest BCUT2D eigenvalue weighted by Gasteiger charge is 2.23. The molecule has 2 aromatic carbocycles. The Morgan fingerprint density at radius 2 is 1.50 bits per heavy atom. The molecule has 0 unspecified atom stereocenters. The Hall–Kier alpha value is -0.980. The van der Waals surface area contributed by atoms with Crippen LogP contribution in [0.3, 0.4) is 0 Å². The fraction of sp³-hybridized carbons (Fsp3) is 0.478. The largest absolute Gasteiger partial charge is 0.390 e. The van der Waals surface area contributed by atoms with Gasteiger partial charge < -0.3 is 14.6 Å². The lowest BCUT2D eigenvalue weighted by atomic mass is 10.1. The van der Waals surface area contributed by atoms with E-state index in [0.29, 0.717) is 24.4 Å². The summed E-state index contributed by atoms with van der Waals surface area (Å²) in [6, 6.07) is 20.2. The molecule has 1 saturated heterocycles. The van der Waals surface area contributed by atoms with Crippen molar-refractivity contribution in [1.29, 1.82) is 0 Å². The van der Waals surface area contributed by atoms with E-state index in [2.05, 4.69) is 0 Å². The number of ether oxygens (including phenoxy) is 2. The van der Waals surface area contributed by atoms with Gasteiger partial charge in [0, 0.05) is 0 Å². The molecule has 0 aromatic heterocycles. The van der Waals surface area contributed by atoms with Crippen LogP contribution in [0.5, 0.6) is 0 Å². The molecule has 1 N–H and O–H groups in total. The van der Waals surface area contributed by atoms with Crippen molar-refractivity contribution in [3.63, 3.8) is 0 Å². The molecule has 1 fully saturated rings. The van der Waals surface area contributed by atoms with Crippen molar-refractivity contribution >= 4 is 23.5 Å². The van der Waals surface area contributed by atoms with Crippen LogP contribution >= 0.6 is 23.5 Å². The molecule has 3 rings (SSSR count). The van der Waals surface area contributed by atoms with Gasteiger partial charge in [-0.2, -0.15) is 0 Å². The first kappa shape index (κ1) is 21.7. The molecule has 2 aromatic rings. The Kier molecular flexibility index (Phi) is 9.74. The topological polar surface area (TPSA) is 38.7 Å². The van der Waals surface area contributed by atoms with Crippen LogP contribution in [0.2, 0.25) is 0 Å². The number of hydrogen-bond acceptors (Lipinski definition) is 5. The van der Waals surface area contributed by atoms with E-state index >= 15 is 0 Å². The van der Waals surface area contributed by atoms with Gasteiger partial charge in [0.25, 0.3) is 0 Å². The van der Waals surface area contributed by atoms with E-state index in [1.807, 2.05) is 84.2 Å². The third-order valence-electron chi connectivity index (χ3n) is 4.72. The van der Waals surface area contributed by atoms with E-state index in [-0.39, 0.29) is 6.10 Å². The van der Waals surface area contributed by atoms with Gasteiger partial charge in [0.15, 0.2) is 0 Å². The van der Waals surface area contributed by atoms with E-state index in [1.165, 1.54) is 17.9 Å². The SMILES string of the molecule is O[C@H](CCC1SCCCS1)[C@@H](COCc1ccccc1)OCc1ccccc1. The van der Waals surface area contributed by atoms with Crippen LogP contribution in [0, 0.1) is 0 Å². The molecule has 0 bridgehead atoms. The zero-order valence-electron chi connectivity index (χ0n) is 16.2. The molecule has 0 radical (unpaired) electrons. The minimum Gasteiger partial charge on any atom is -0.390 e. The molecule has 2 atom stereocenters. The molecule has 152 valence electrons. The third kappa shape index (κ3) is 7.80. The maximum atomic E-state index is 10.8. The zero-order chi connectivity index (χ0) is 19.4. The molecule has 5 heteroatoms. The highest BCUT2D eigenvalue weighted by Crippen LogP contribution is 2.34. The summed E-state index contributed by atoms with van der Waals surface area (Å²) >= 11 is 4.04. The van der Waals surface area contributed by atoms with Crippen molar-refractivity contribution in [3.8, 4) is 0 Å². The lowest BCUT2D eigenvalue weighted by Crippen LogP contribution is -2.34. The van der Waals surface area contributed by atoms with E-state index < -0.39 is 6.10 Å². The van der Waals surface area contributed by atoms with Gasteiger partial charge in [-0.3, -0.25) is 0 Å². The van der Waals surface area contributed by atoms with Gasteiger partial charge in [0.2, 0.25) is 0 Å². The minimum absolute atomic E-state index is 0.317. The Bertz CT molecular complexity index is 647. The summed E-state index contributed by atoms with van der Waals surface area (Å²) in [5, 5.41) is 10.8. The second-order valence-corrected chi connectivity index (χ2v) is 9.92.